The van der Waals surface area contributed by atoms with Gasteiger partial charge in [-0.3, -0.25) is 4.79 Å². The number of rotatable bonds is 5. The maximum Gasteiger partial charge on any atom is 0.336 e. The molecule has 150 valence electrons. The number of hydrogen-bond acceptors (Lipinski definition) is 4. The highest BCUT2D eigenvalue weighted by atomic mass is 16.5. The van der Waals surface area contributed by atoms with E-state index in [-0.39, 0.29) is 12.5 Å². The second-order valence-electron chi connectivity index (χ2n) is 7.16. The van der Waals surface area contributed by atoms with Crippen LogP contribution in [-0.2, 0) is 4.79 Å². The van der Waals surface area contributed by atoms with Gasteiger partial charge in [0.25, 0.3) is 5.91 Å². The van der Waals surface area contributed by atoms with Crippen molar-refractivity contribution < 1.29 is 13.9 Å². The standard InChI is InChI=1S/C25H21NO4/c1-16-8-9-17(2)22(12-16)26-24(27)15-29-19-10-11-20-21(18-6-4-3-5-7-18)14-25(28)30-23(20)13-19/h3-14H,15H2,1-2H3,(H,26,27). The van der Waals surface area contributed by atoms with E-state index in [1.807, 2.05) is 68.4 Å². The third-order valence-electron chi connectivity index (χ3n) is 4.84. The van der Waals surface area contributed by atoms with Crippen LogP contribution in [0.3, 0.4) is 0 Å². The summed E-state index contributed by atoms with van der Waals surface area (Å²) in [7, 11) is 0. The zero-order chi connectivity index (χ0) is 21.1. The number of carbonyl (C=O) groups excluding carboxylic acids is 1. The van der Waals surface area contributed by atoms with Crippen LogP contribution in [0.5, 0.6) is 5.75 Å². The van der Waals surface area contributed by atoms with Crippen molar-refractivity contribution in [2.75, 3.05) is 11.9 Å². The van der Waals surface area contributed by atoms with Crippen LogP contribution in [-0.4, -0.2) is 12.5 Å². The van der Waals surface area contributed by atoms with Crippen molar-refractivity contribution in [2.24, 2.45) is 0 Å². The van der Waals surface area contributed by atoms with Gasteiger partial charge in [0.1, 0.15) is 11.3 Å². The monoisotopic (exact) mass is 399 g/mol. The maximum atomic E-state index is 12.3. The van der Waals surface area contributed by atoms with Crippen LogP contribution in [0.1, 0.15) is 11.1 Å². The van der Waals surface area contributed by atoms with Crippen LogP contribution in [0.2, 0.25) is 0 Å². The Morgan fingerprint density at radius 3 is 2.57 bits per heavy atom. The Hall–Kier alpha value is -3.86. The molecular weight excluding hydrogens is 378 g/mol. The quantitative estimate of drug-likeness (QED) is 0.475. The summed E-state index contributed by atoms with van der Waals surface area (Å²) in [4.78, 5) is 24.3. The van der Waals surface area contributed by atoms with E-state index in [0.29, 0.717) is 11.3 Å². The summed E-state index contributed by atoms with van der Waals surface area (Å²) < 4.78 is 11.0. The lowest BCUT2D eigenvalue weighted by Gasteiger charge is -2.11. The van der Waals surface area contributed by atoms with Crippen molar-refractivity contribution in [3.05, 3.63) is 94.3 Å². The summed E-state index contributed by atoms with van der Waals surface area (Å²) in [6.07, 6.45) is 0. The van der Waals surface area contributed by atoms with Crippen LogP contribution >= 0.6 is 0 Å². The number of hydrogen-bond donors (Lipinski definition) is 1. The van der Waals surface area contributed by atoms with Gasteiger partial charge in [-0.1, -0.05) is 42.5 Å². The lowest BCUT2D eigenvalue weighted by atomic mass is 10.0. The number of ether oxygens (including phenoxy) is 1. The molecule has 5 heteroatoms. The number of fused-ring (bicyclic) bond motifs is 1. The van der Waals surface area contributed by atoms with Crippen molar-refractivity contribution in [1.82, 2.24) is 0 Å². The second kappa shape index (κ2) is 8.25. The predicted octanol–water partition coefficient (Wildman–Crippen LogP) is 5.09. The van der Waals surface area contributed by atoms with Gasteiger partial charge in [0.2, 0.25) is 0 Å². The Labute approximate surface area is 173 Å². The number of carbonyl (C=O) groups is 1. The number of aryl methyl sites for hydroxylation is 2. The first-order chi connectivity index (χ1) is 14.5. The van der Waals surface area contributed by atoms with E-state index in [1.165, 1.54) is 6.07 Å². The zero-order valence-corrected chi connectivity index (χ0v) is 16.8. The SMILES string of the molecule is Cc1ccc(C)c(NC(=O)COc2ccc3c(-c4ccccc4)cc(=O)oc3c2)c1. The molecule has 0 aliphatic rings. The van der Waals surface area contributed by atoms with E-state index in [1.54, 1.807) is 12.1 Å². The Kier molecular flexibility index (Phi) is 5.35. The van der Waals surface area contributed by atoms with Gasteiger partial charge in [-0.05, 0) is 54.3 Å². The largest absolute Gasteiger partial charge is 0.484 e. The summed E-state index contributed by atoms with van der Waals surface area (Å²) in [6, 6.07) is 22.2. The van der Waals surface area contributed by atoms with Crippen molar-refractivity contribution in [2.45, 2.75) is 13.8 Å². The summed E-state index contributed by atoms with van der Waals surface area (Å²) in [5.41, 5.74) is 4.50. The highest BCUT2D eigenvalue weighted by Crippen LogP contribution is 2.29. The highest BCUT2D eigenvalue weighted by molar-refractivity contribution is 5.94. The van der Waals surface area contributed by atoms with Crippen LogP contribution < -0.4 is 15.7 Å². The minimum Gasteiger partial charge on any atom is -0.484 e. The smallest absolute Gasteiger partial charge is 0.336 e. The third-order valence-corrected chi connectivity index (χ3v) is 4.84. The van der Waals surface area contributed by atoms with Gasteiger partial charge in [-0.15, -0.1) is 0 Å². The zero-order valence-electron chi connectivity index (χ0n) is 16.8. The van der Waals surface area contributed by atoms with Gasteiger partial charge in [-0.25, -0.2) is 4.79 Å². The van der Waals surface area contributed by atoms with E-state index in [0.717, 1.165) is 33.3 Å². The van der Waals surface area contributed by atoms with Gasteiger partial charge in [0, 0.05) is 23.2 Å². The lowest BCUT2D eigenvalue weighted by Crippen LogP contribution is -2.20. The fourth-order valence-electron chi connectivity index (χ4n) is 3.30. The summed E-state index contributed by atoms with van der Waals surface area (Å²) in [5.74, 6) is 0.190. The first kappa shape index (κ1) is 19.5. The molecule has 1 N–H and O–H groups in total. The number of anilines is 1. The molecule has 0 radical (unpaired) electrons. The average Bonchev–Trinajstić information content (AvgIpc) is 2.74. The van der Waals surface area contributed by atoms with Crippen molar-refractivity contribution >= 4 is 22.6 Å². The fourth-order valence-corrected chi connectivity index (χ4v) is 3.30. The third kappa shape index (κ3) is 4.25. The summed E-state index contributed by atoms with van der Waals surface area (Å²) in [6.45, 7) is 3.76. The van der Waals surface area contributed by atoms with E-state index in [2.05, 4.69) is 5.32 Å². The highest BCUT2D eigenvalue weighted by Gasteiger charge is 2.11. The molecule has 0 bridgehead atoms. The van der Waals surface area contributed by atoms with Gasteiger partial charge in [0.05, 0.1) is 0 Å². The molecule has 1 amide bonds. The Balaban J connectivity index is 1.53. The van der Waals surface area contributed by atoms with Crippen molar-refractivity contribution in [3.63, 3.8) is 0 Å². The van der Waals surface area contributed by atoms with E-state index in [9.17, 15) is 9.59 Å². The Morgan fingerprint density at radius 2 is 1.77 bits per heavy atom. The molecular formula is C25H21NO4. The lowest BCUT2D eigenvalue weighted by molar-refractivity contribution is -0.118. The minimum atomic E-state index is -0.439. The summed E-state index contributed by atoms with van der Waals surface area (Å²) >= 11 is 0. The molecule has 0 saturated carbocycles. The molecule has 4 rings (SSSR count). The van der Waals surface area contributed by atoms with Gasteiger partial charge in [0.15, 0.2) is 6.61 Å². The van der Waals surface area contributed by atoms with Crippen LogP contribution in [0, 0.1) is 13.8 Å². The molecule has 0 aliphatic heterocycles. The first-order valence-corrected chi connectivity index (χ1v) is 9.63. The van der Waals surface area contributed by atoms with E-state index in [4.69, 9.17) is 9.15 Å². The molecule has 5 nitrogen and oxygen atoms in total. The molecule has 3 aromatic carbocycles. The number of amides is 1. The first-order valence-electron chi connectivity index (χ1n) is 9.63. The van der Waals surface area contributed by atoms with Crippen molar-refractivity contribution in [3.8, 4) is 16.9 Å². The molecule has 30 heavy (non-hydrogen) atoms. The average molecular weight is 399 g/mol. The Morgan fingerprint density at radius 1 is 0.967 bits per heavy atom. The summed E-state index contributed by atoms with van der Waals surface area (Å²) in [5, 5.41) is 3.66. The van der Waals surface area contributed by atoms with Gasteiger partial charge in [-0.2, -0.15) is 0 Å². The van der Waals surface area contributed by atoms with E-state index >= 15 is 0 Å². The van der Waals surface area contributed by atoms with Crippen molar-refractivity contribution in [1.29, 1.82) is 0 Å². The molecule has 1 heterocycles. The van der Waals surface area contributed by atoms with Gasteiger partial charge < -0.3 is 14.5 Å². The second-order valence-corrected chi connectivity index (χ2v) is 7.16. The fraction of sp³-hybridized carbons (Fsp3) is 0.120. The number of nitrogens with one attached hydrogen (secondary N) is 1. The number of benzene rings is 3. The van der Waals surface area contributed by atoms with Crippen LogP contribution in [0.4, 0.5) is 5.69 Å². The predicted molar refractivity (Wildman–Crippen MR) is 118 cm³/mol. The minimum absolute atomic E-state index is 0.151. The van der Waals surface area contributed by atoms with E-state index < -0.39 is 5.63 Å². The topological polar surface area (TPSA) is 68.5 Å². The molecule has 1 aromatic heterocycles. The molecule has 0 fully saturated rings. The molecule has 0 aliphatic carbocycles. The molecule has 0 unspecified atom stereocenters. The molecule has 4 aromatic rings. The Bertz CT molecular complexity index is 1280. The van der Waals surface area contributed by atoms with Crippen LogP contribution in [0.15, 0.2) is 82.0 Å². The normalized spacial score (nSPS) is 10.7. The van der Waals surface area contributed by atoms with Crippen LogP contribution in [0.25, 0.3) is 22.1 Å². The molecule has 0 saturated heterocycles. The molecule has 0 spiro atoms. The van der Waals surface area contributed by atoms with Gasteiger partial charge >= 0.3 is 5.63 Å². The molecule has 0 atom stereocenters. The maximum absolute atomic E-state index is 12.3.